The van der Waals surface area contributed by atoms with E-state index < -0.39 is 0 Å². The Morgan fingerprint density at radius 2 is 2.05 bits per heavy atom. The third kappa shape index (κ3) is 2.32. The van der Waals surface area contributed by atoms with Gasteiger partial charge in [-0.15, -0.1) is 0 Å². The molecule has 4 nitrogen and oxygen atoms in total. The number of para-hydroxylation sites is 1. The fourth-order valence-corrected chi connectivity index (χ4v) is 2.71. The normalized spacial score (nSPS) is 10.7. The van der Waals surface area contributed by atoms with Crippen LogP contribution in [-0.4, -0.2) is 16.1 Å². The van der Waals surface area contributed by atoms with Gasteiger partial charge in [-0.25, -0.2) is 0 Å². The van der Waals surface area contributed by atoms with Crippen molar-refractivity contribution in [3.05, 3.63) is 58.1 Å². The maximum atomic E-state index is 12.3. The summed E-state index contributed by atoms with van der Waals surface area (Å²) >= 11 is 3.41. The number of benzene rings is 2. The minimum absolute atomic E-state index is 0.186. The number of rotatable bonds is 2. The molecule has 1 aromatic heterocycles. The molecule has 100 valence electrons. The van der Waals surface area contributed by atoms with Crippen molar-refractivity contribution in [2.45, 2.75) is 6.92 Å². The predicted octanol–water partition coefficient (Wildman–Crippen LogP) is 3.89. The van der Waals surface area contributed by atoms with E-state index in [0.29, 0.717) is 11.4 Å². The molecule has 2 aromatic carbocycles. The van der Waals surface area contributed by atoms with Gasteiger partial charge in [0.1, 0.15) is 0 Å². The maximum Gasteiger partial charge on any atom is 0.258 e. The number of aromatic nitrogens is 2. The van der Waals surface area contributed by atoms with Crippen LogP contribution in [0, 0.1) is 6.92 Å². The highest BCUT2D eigenvalue weighted by Crippen LogP contribution is 2.23. The van der Waals surface area contributed by atoms with E-state index in [0.717, 1.165) is 20.9 Å². The van der Waals surface area contributed by atoms with Gasteiger partial charge in [0.15, 0.2) is 5.82 Å². The Balaban J connectivity index is 1.92. The molecule has 0 aliphatic rings. The molecule has 1 heterocycles. The van der Waals surface area contributed by atoms with E-state index >= 15 is 0 Å². The minimum Gasteiger partial charge on any atom is -0.305 e. The molecule has 20 heavy (non-hydrogen) atoms. The number of aromatic amines is 1. The molecule has 0 saturated carbocycles. The summed E-state index contributed by atoms with van der Waals surface area (Å²) < 4.78 is 0.773. The Hall–Kier alpha value is -2.14. The Bertz CT molecular complexity index is 795. The number of nitrogens with zero attached hydrogens (tertiary/aromatic N) is 1. The Kier molecular flexibility index (Phi) is 3.28. The van der Waals surface area contributed by atoms with Gasteiger partial charge in [-0.05, 0) is 52.7 Å². The number of aryl methyl sites for hydroxylation is 1. The number of anilines is 1. The van der Waals surface area contributed by atoms with Crippen molar-refractivity contribution in [2.24, 2.45) is 0 Å². The number of hydrogen-bond donors (Lipinski definition) is 2. The molecule has 2 N–H and O–H groups in total. The summed E-state index contributed by atoms with van der Waals surface area (Å²) in [6.07, 6.45) is 0. The van der Waals surface area contributed by atoms with Crippen LogP contribution in [0.25, 0.3) is 10.9 Å². The van der Waals surface area contributed by atoms with E-state index in [9.17, 15) is 4.79 Å². The van der Waals surface area contributed by atoms with Crippen LogP contribution < -0.4 is 5.32 Å². The van der Waals surface area contributed by atoms with Crippen molar-refractivity contribution in [1.29, 1.82) is 0 Å². The minimum atomic E-state index is -0.186. The van der Waals surface area contributed by atoms with Crippen molar-refractivity contribution in [2.75, 3.05) is 5.32 Å². The first-order chi connectivity index (χ1) is 9.65. The average molecular weight is 330 g/mol. The molecule has 3 rings (SSSR count). The monoisotopic (exact) mass is 329 g/mol. The first-order valence-electron chi connectivity index (χ1n) is 6.16. The lowest BCUT2D eigenvalue weighted by molar-refractivity contribution is 0.102. The van der Waals surface area contributed by atoms with Crippen molar-refractivity contribution in [1.82, 2.24) is 10.2 Å². The number of halogens is 1. The van der Waals surface area contributed by atoms with Crippen molar-refractivity contribution in [3.8, 4) is 0 Å². The quantitative estimate of drug-likeness (QED) is 0.749. The summed E-state index contributed by atoms with van der Waals surface area (Å²) in [5.74, 6) is 0.354. The largest absolute Gasteiger partial charge is 0.305 e. The summed E-state index contributed by atoms with van der Waals surface area (Å²) in [7, 11) is 0. The van der Waals surface area contributed by atoms with Gasteiger partial charge in [-0.1, -0.05) is 18.2 Å². The number of carbonyl (C=O) groups is 1. The molecule has 0 aliphatic heterocycles. The van der Waals surface area contributed by atoms with Gasteiger partial charge < -0.3 is 5.32 Å². The van der Waals surface area contributed by atoms with Crippen LogP contribution >= 0.6 is 15.9 Å². The van der Waals surface area contributed by atoms with Crippen molar-refractivity contribution < 1.29 is 4.79 Å². The Morgan fingerprint density at radius 1 is 1.25 bits per heavy atom. The number of hydrogen-bond acceptors (Lipinski definition) is 2. The zero-order valence-electron chi connectivity index (χ0n) is 10.8. The van der Waals surface area contributed by atoms with Gasteiger partial charge in [0, 0.05) is 9.86 Å². The molecule has 0 aliphatic carbocycles. The van der Waals surface area contributed by atoms with Crippen LogP contribution in [0.2, 0.25) is 0 Å². The second-order valence-electron chi connectivity index (χ2n) is 4.56. The molecule has 0 bridgehead atoms. The molecular formula is C15H12BrN3O. The lowest BCUT2D eigenvalue weighted by atomic mass is 10.1. The molecule has 5 heteroatoms. The van der Waals surface area contributed by atoms with Crippen LogP contribution in [0.4, 0.5) is 5.82 Å². The van der Waals surface area contributed by atoms with E-state index in [-0.39, 0.29) is 5.91 Å². The van der Waals surface area contributed by atoms with Gasteiger partial charge in [0.2, 0.25) is 0 Å². The van der Waals surface area contributed by atoms with E-state index in [2.05, 4.69) is 31.4 Å². The molecular weight excluding hydrogens is 318 g/mol. The summed E-state index contributed by atoms with van der Waals surface area (Å²) in [5.41, 5.74) is 2.58. The molecule has 0 spiro atoms. The third-order valence-corrected chi connectivity index (χ3v) is 3.73. The molecule has 1 amide bonds. The van der Waals surface area contributed by atoms with Crippen LogP contribution in [0.15, 0.2) is 46.9 Å². The standard InChI is InChI=1S/C15H12BrN3O/c1-9-6-7-10(12(16)8-9)15(20)17-14-11-4-2-3-5-13(11)18-19-14/h2-8H,1H3,(H2,17,18,19,20). The molecule has 0 atom stereocenters. The fourth-order valence-electron chi connectivity index (χ4n) is 2.04. The number of H-pyrrole nitrogens is 1. The summed E-state index contributed by atoms with van der Waals surface area (Å²) in [4.78, 5) is 12.3. The van der Waals surface area contributed by atoms with Gasteiger partial charge in [-0.2, -0.15) is 5.10 Å². The Morgan fingerprint density at radius 3 is 2.85 bits per heavy atom. The van der Waals surface area contributed by atoms with Crippen molar-refractivity contribution >= 4 is 38.6 Å². The van der Waals surface area contributed by atoms with Crippen LogP contribution in [0.5, 0.6) is 0 Å². The fraction of sp³-hybridized carbons (Fsp3) is 0.0667. The highest BCUT2D eigenvalue weighted by molar-refractivity contribution is 9.10. The molecule has 0 saturated heterocycles. The van der Waals surface area contributed by atoms with E-state index in [1.54, 1.807) is 6.07 Å². The topological polar surface area (TPSA) is 57.8 Å². The van der Waals surface area contributed by atoms with E-state index in [4.69, 9.17) is 0 Å². The third-order valence-electron chi connectivity index (χ3n) is 3.07. The van der Waals surface area contributed by atoms with Crippen molar-refractivity contribution in [3.63, 3.8) is 0 Å². The molecule has 0 fully saturated rings. The van der Waals surface area contributed by atoms with Gasteiger partial charge >= 0.3 is 0 Å². The number of nitrogens with one attached hydrogen (secondary N) is 2. The highest BCUT2D eigenvalue weighted by Gasteiger charge is 2.13. The zero-order chi connectivity index (χ0) is 14.1. The van der Waals surface area contributed by atoms with Crippen LogP contribution in [0.1, 0.15) is 15.9 Å². The van der Waals surface area contributed by atoms with Gasteiger partial charge in [0.25, 0.3) is 5.91 Å². The first kappa shape index (κ1) is 12.9. The van der Waals surface area contributed by atoms with Gasteiger partial charge in [-0.3, -0.25) is 9.89 Å². The molecule has 0 radical (unpaired) electrons. The second kappa shape index (κ2) is 5.09. The van der Waals surface area contributed by atoms with Crippen LogP contribution in [-0.2, 0) is 0 Å². The summed E-state index contributed by atoms with van der Waals surface area (Å²) in [6, 6.07) is 13.3. The van der Waals surface area contributed by atoms with E-state index in [1.165, 1.54) is 0 Å². The van der Waals surface area contributed by atoms with E-state index in [1.807, 2.05) is 43.3 Å². The SMILES string of the molecule is Cc1ccc(C(=O)Nc2n[nH]c3ccccc23)c(Br)c1. The maximum absolute atomic E-state index is 12.3. The number of amides is 1. The lowest BCUT2D eigenvalue weighted by Gasteiger charge is -2.05. The molecule has 0 unspecified atom stereocenters. The Labute approximate surface area is 124 Å². The van der Waals surface area contributed by atoms with Gasteiger partial charge in [0.05, 0.1) is 11.1 Å². The highest BCUT2D eigenvalue weighted by atomic mass is 79.9. The number of carbonyl (C=O) groups excluding carboxylic acids is 1. The number of fused-ring (bicyclic) bond motifs is 1. The van der Waals surface area contributed by atoms with Crippen LogP contribution in [0.3, 0.4) is 0 Å². The average Bonchev–Trinajstić information content (AvgIpc) is 2.82. The molecule has 3 aromatic rings. The summed E-state index contributed by atoms with van der Waals surface area (Å²) in [6.45, 7) is 1.98. The predicted molar refractivity (Wildman–Crippen MR) is 82.9 cm³/mol. The summed E-state index contributed by atoms with van der Waals surface area (Å²) in [5, 5.41) is 10.8. The first-order valence-corrected chi connectivity index (χ1v) is 6.95. The lowest BCUT2D eigenvalue weighted by Crippen LogP contribution is -2.13. The smallest absolute Gasteiger partial charge is 0.258 e. The zero-order valence-corrected chi connectivity index (χ0v) is 12.4. The second-order valence-corrected chi connectivity index (χ2v) is 5.41.